The zero-order valence-corrected chi connectivity index (χ0v) is 13.7. The fourth-order valence-corrected chi connectivity index (χ4v) is 3.46. The van der Waals surface area contributed by atoms with Gasteiger partial charge in [0.25, 0.3) is 5.91 Å². The fourth-order valence-electron chi connectivity index (χ4n) is 3.46. The second kappa shape index (κ2) is 6.99. The van der Waals surface area contributed by atoms with Crippen molar-refractivity contribution >= 4 is 11.8 Å². The first-order valence-electron chi connectivity index (χ1n) is 8.55. The van der Waals surface area contributed by atoms with Gasteiger partial charge in [-0.25, -0.2) is 0 Å². The molecule has 1 aromatic rings. The first-order chi connectivity index (χ1) is 11.2. The van der Waals surface area contributed by atoms with E-state index in [1.165, 1.54) is 18.4 Å². The van der Waals surface area contributed by atoms with Crippen molar-refractivity contribution in [3.63, 3.8) is 0 Å². The summed E-state index contributed by atoms with van der Waals surface area (Å²) >= 11 is 0. The summed E-state index contributed by atoms with van der Waals surface area (Å²) in [5.74, 6) is -0.0698. The largest absolute Gasteiger partial charge is 0.351 e. The molecule has 1 aliphatic heterocycles. The summed E-state index contributed by atoms with van der Waals surface area (Å²) in [6, 6.07) is 7.22. The first-order valence-corrected chi connectivity index (χ1v) is 8.55. The molecule has 3 rings (SSSR count). The molecule has 2 amide bonds. The van der Waals surface area contributed by atoms with Crippen LogP contribution >= 0.6 is 0 Å². The predicted octanol–water partition coefficient (Wildman–Crippen LogP) is 3.04. The van der Waals surface area contributed by atoms with Crippen molar-refractivity contribution in [2.24, 2.45) is 0 Å². The molecule has 0 radical (unpaired) electrons. The van der Waals surface area contributed by atoms with Gasteiger partial charge in [0.15, 0.2) is 0 Å². The minimum Gasteiger partial charge on any atom is -0.351 e. The Morgan fingerprint density at radius 3 is 2.83 bits per heavy atom. The molecule has 0 spiro atoms. The third kappa shape index (κ3) is 3.31. The quantitative estimate of drug-likeness (QED) is 0.850. The molecule has 0 fully saturated rings. The van der Waals surface area contributed by atoms with E-state index >= 15 is 0 Å². The molecular weight excluding hydrogens is 288 g/mol. The first kappa shape index (κ1) is 15.8. The highest BCUT2D eigenvalue weighted by molar-refractivity contribution is 6.01. The average molecular weight is 312 g/mol. The number of carbonyl (C=O) groups excluding carboxylic acids is 2. The standard InChI is InChI=1S/C19H24N2O2/c1-2-17(18(22)20-12-14-8-4-3-5-9-14)21-13-15-10-6-7-11-16(15)19(21)23/h6-8,10-11,17H,2-5,9,12-13H2,1H3,(H,20,22)/t17-/m1/s1. The van der Waals surface area contributed by atoms with Gasteiger partial charge >= 0.3 is 0 Å². The third-order valence-electron chi connectivity index (χ3n) is 4.79. The number of amides is 2. The fraction of sp³-hybridized carbons (Fsp3) is 0.474. The Morgan fingerprint density at radius 1 is 1.30 bits per heavy atom. The lowest BCUT2D eigenvalue weighted by Crippen LogP contribution is -2.47. The minimum absolute atomic E-state index is 0.0283. The van der Waals surface area contributed by atoms with Crippen molar-refractivity contribution in [1.29, 1.82) is 0 Å². The van der Waals surface area contributed by atoms with Gasteiger partial charge in [0.05, 0.1) is 0 Å². The highest BCUT2D eigenvalue weighted by Gasteiger charge is 2.35. The Kier molecular flexibility index (Phi) is 4.79. The van der Waals surface area contributed by atoms with Crippen LogP contribution in [0.4, 0.5) is 0 Å². The summed E-state index contributed by atoms with van der Waals surface area (Å²) in [4.78, 5) is 26.8. The SMILES string of the molecule is CC[C@H](C(=O)NCC1=CCCCC1)N1Cc2ccccc2C1=O. The van der Waals surface area contributed by atoms with E-state index in [4.69, 9.17) is 0 Å². The van der Waals surface area contributed by atoms with Crippen LogP contribution in [0.3, 0.4) is 0 Å². The zero-order valence-electron chi connectivity index (χ0n) is 13.7. The molecular formula is C19H24N2O2. The number of nitrogens with zero attached hydrogens (tertiary/aromatic N) is 1. The zero-order chi connectivity index (χ0) is 16.2. The van der Waals surface area contributed by atoms with E-state index in [9.17, 15) is 9.59 Å². The average Bonchev–Trinajstić information content (AvgIpc) is 2.92. The second-order valence-corrected chi connectivity index (χ2v) is 6.34. The molecule has 0 saturated heterocycles. The number of rotatable bonds is 5. The van der Waals surface area contributed by atoms with Crippen LogP contribution in [0.5, 0.6) is 0 Å². The van der Waals surface area contributed by atoms with Gasteiger partial charge in [-0.15, -0.1) is 0 Å². The van der Waals surface area contributed by atoms with Gasteiger partial charge in [0.2, 0.25) is 5.91 Å². The summed E-state index contributed by atoms with van der Waals surface area (Å²) in [5, 5.41) is 3.03. The summed E-state index contributed by atoms with van der Waals surface area (Å²) in [7, 11) is 0. The van der Waals surface area contributed by atoms with Crippen LogP contribution < -0.4 is 5.32 Å². The van der Waals surface area contributed by atoms with Crippen molar-refractivity contribution in [1.82, 2.24) is 10.2 Å². The Labute approximate surface area is 137 Å². The molecule has 1 aromatic carbocycles. The van der Waals surface area contributed by atoms with E-state index in [0.29, 0.717) is 19.5 Å². The van der Waals surface area contributed by atoms with Crippen LogP contribution in [-0.4, -0.2) is 29.3 Å². The molecule has 1 heterocycles. The molecule has 0 unspecified atom stereocenters. The van der Waals surface area contributed by atoms with Crippen molar-refractivity contribution in [2.45, 2.75) is 51.6 Å². The lowest BCUT2D eigenvalue weighted by atomic mass is 9.99. The van der Waals surface area contributed by atoms with Crippen molar-refractivity contribution in [3.05, 3.63) is 47.0 Å². The molecule has 0 bridgehead atoms. The van der Waals surface area contributed by atoms with Crippen LogP contribution in [0.1, 0.15) is 54.9 Å². The second-order valence-electron chi connectivity index (χ2n) is 6.34. The molecule has 1 N–H and O–H groups in total. The van der Waals surface area contributed by atoms with Crippen molar-refractivity contribution < 1.29 is 9.59 Å². The molecule has 4 nitrogen and oxygen atoms in total. The maximum absolute atomic E-state index is 12.6. The number of hydrogen-bond donors (Lipinski definition) is 1. The van der Waals surface area contributed by atoms with E-state index in [-0.39, 0.29) is 17.9 Å². The predicted molar refractivity (Wildman–Crippen MR) is 90.0 cm³/mol. The number of carbonyl (C=O) groups is 2. The van der Waals surface area contributed by atoms with E-state index in [0.717, 1.165) is 24.0 Å². The number of nitrogens with one attached hydrogen (secondary N) is 1. The third-order valence-corrected chi connectivity index (χ3v) is 4.79. The van der Waals surface area contributed by atoms with E-state index in [1.54, 1.807) is 4.90 Å². The van der Waals surface area contributed by atoms with Gasteiger partial charge in [-0.2, -0.15) is 0 Å². The highest BCUT2D eigenvalue weighted by atomic mass is 16.2. The van der Waals surface area contributed by atoms with E-state index in [2.05, 4.69) is 11.4 Å². The molecule has 23 heavy (non-hydrogen) atoms. The summed E-state index contributed by atoms with van der Waals surface area (Å²) in [6.45, 7) is 3.11. The molecule has 2 aliphatic rings. The maximum atomic E-state index is 12.6. The number of hydrogen-bond acceptors (Lipinski definition) is 2. The van der Waals surface area contributed by atoms with Crippen LogP contribution in [-0.2, 0) is 11.3 Å². The van der Waals surface area contributed by atoms with E-state index < -0.39 is 0 Å². The molecule has 0 saturated carbocycles. The number of fused-ring (bicyclic) bond motifs is 1. The molecule has 0 aromatic heterocycles. The summed E-state index contributed by atoms with van der Waals surface area (Å²) < 4.78 is 0. The van der Waals surface area contributed by atoms with Crippen LogP contribution in [0.15, 0.2) is 35.9 Å². The number of allylic oxidation sites excluding steroid dienone is 1. The minimum atomic E-state index is -0.390. The molecule has 122 valence electrons. The highest BCUT2D eigenvalue weighted by Crippen LogP contribution is 2.25. The lowest BCUT2D eigenvalue weighted by Gasteiger charge is -2.26. The van der Waals surface area contributed by atoms with Gasteiger partial charge in [-0.05, 0) is 43.7 Å². The molecule has 1 atom stereocenters. The lowest BCUT2D eigenvalue weighted by molar-refractivity contribution is -0.125. The summed E-state index contributed by atoms with van der Waals surface area (Å²) in [5.41, 5.74) is 3.06. The number of benzene rings is 1. The van der Waals surface area contributed by atoms with Crippen molar-refractivity contribution in [2.75, 3.05) is 6.54 Å². The normalized spacial score (nSPS) is 18.4. The van der Waals surface area contributed by atoms with Gasteiger partial charge in [0, 0.05) is 18.7 Å². The van der Waals surface area contributed by atoms with Gasteiger partial charge < -0.3 is 10.2 Å². The smallest absolute Gasteiger partial charge is 0.255 e. The van der Waals surface area contributed by atoms with E-state index in [1.807, 2.05) is 31.2 Å². The van der Waals surface area contributed by atoms with Gasteiger partial charge in [-0.3, -0.25) is 9.59 Å². The van der Waals surface area contributed by atoms with Crippen molar-refractivity contribution in [3.8, 4) is 0 Å². The Hall–Kier alpha value is -2.10. The van der Waals surface area contributed by atoms with Gasteiger partial charge in [0.1, 0.15) is 6.04 Å². The van der Waals surface area contributed by atoms with Crippen LogP contribution in [0, 0.1) is 0 Å². The molecule has 4 heteroatoms. The topological polar surface area (TPSA) is 49.4 Å². The summed E-state index contributed by atoms with van der Waals surface area (Å²) in [6.07, 6.45) is 7.51. The van der Waals surface area contributed by atoms with Crippen LogP contribution in [0.25, 0.3) is 0 Å². The Balaban J connectivity index is 1.65. The molecule has 1 aliphatic carbocycles. The van der Waals surface area contributed by atoms with Gasteiger partial charge in [-0.1, -0.05) is 36.8 Å². The Morgan fingerprint density at radius 2 is 2.13 bits per heavy atom. The monoisotopic (exact) mass is 312 g/mol. The Bertz CT molecular complexity index is 636. The van der Waals surface area contributed by atoms with Crippen LogP contribution in [0.2, 0.25) is 0 Å². The maximum Gasteiger partial charge on any atom is 0.255 e.